The minimum absolute atomic E-state index is 0.0775. The number of hydrogen-bond donors (Lipinski definition) is 2. The minimum Gasteiger partial charge on any atom is -0.481 e. The van der Waals surface area contributed by atoms with Crippen LogP contribution in [0, 0.1) is 5.41 Å². The van der Waals surface area contributed by atoms with Gasteiger partial charge in [0.05, 0.1) is 6.42 Å². The Hall–Kier alpha value is -0.570. The SMILES string of the molecule is CC(C)(C)CC(=O)O.CC(C)O. The maximum Gasteiger partial charge on any atom is 0.303 e. The van der Waals surface area contributed by atoms with Crippen LogP contribution in [0.15, 0.2) is 0 Å². The van der Waals surface area contributed by atoms with E-state index in [0.29, 0.717) is 0 Å². The molecule has 0 aromatic rings. The highest BCUT2D eigenvalue weighted by Crippen LogP contribution is 2.17. The number of carbonyl (C=O) groups is 1. The van der Waals surface area contributed by atoms with E-state index in [1.807, 2.05) is 20.8 Å². The molecule has 0 spiro atoms. The van der Waals surface area contributed by atoms with Gasteiger partial charge in [0.1, 0.15) is 0 Å². The van der Waals surface area contributed by atoms with Gasteiger partial charge in [0.15, 0.2) is 0 Å². The summed E-state index contributed by atoms with van der Waals surface area (Å²) in [6.45, 7) is 9.16. The molecule has 0 bridgehead atoms. The first kappa shape index (κ1) is 14.0. The first-order valence-corrected chi connectivity index (χ1v) is 4.05. The smallest absolute Gasteiger partial charge is 0.303 e. The number of rotatable bonds is 1. The highest BCUT2D eigenvalue weighted by molar-refractivity contribution is 5.67. The summed E-state index contributed by atoms with van der Waals surface area (Å²) in [4.78, 5) is 10.0. The van der Waals surface area contributed by atoms with E-state index in [4.69, 9.17) is 10.2 Å². The van der Waals surface area contributed by atoms with Crippen molar-refractivity contribution < 1.29 is 15.0 Å². The van der Waals surface area contributed by atoms with Gasteiger partial charge in [-0.1, -0.05) is 20.8 Å². The van der Waals surface area contributed by atoms with Crippen LogP contribution in [-0.4, -0.2) is 22.3 Å². The van der Waals surface area contributed by atoms with Crippen LogP contribution in [0.5, 0.6) is 0 Å². The third-order valence-corrected chi connectivity index (χ3v) is 0.682. The largest absolute Gasteiger partial charge is 0.481 e. The second-order valence-corrected chi connectivity index (χ2v) is 4.22. The summed E-state index contributed by atoms with van der Waals surface area (Å²) in [7, 11) is 0. The molecule has 0 aliphatic heterocycles. The molecule has 0 aromatic carbocycles. The maximum atomic E-state index is 10.0. The molecule has 3 heteroatoms. The van der Waals surface area contributed by atoms with Crippen molar-refractivity contribution in [2.75, 3.05) is 0 Å². The van der Waals surface area contributed by atoms with Crippen LogP contribution in [-0.2, 0) is 4.79 Å². The van der Waals surface area contributed by atoms with Crippen molar-refractivity contribution >= 4 is 5.97 Å². The Balaban J connectivity index is 0. The Morgan fingerprint density at radius 2 is 1.58 bits per heavy atom. The number of aliphatic hydroxyl groups is 1. The third kappa shape index (κ3) is 34.1. The van der Waals surface area contributed by atoms with Crippen molar-refractivity contribution in [2.45, 2.75) is 47.1 Å². The Kier molecular flexibility index (Phi) is 6.99. The molecule has 0 radical (unpaired) electrons. The molecule has 0 aromatic heterocycles. The second-order valence-electron chi connectivity index (χ2n) is 4.22. The highest BCUT2D eigenvalue weighted by Gasteiger charge is 2.13. The van der Waals surface area contributed by atoms with E-state index in [0.717, 1.165) is 0 Å². The molecule has 0 aliphatic rings. The van der Waals surface area contributed by atoms with Crippen molar-refractivity contribution in [3.05, 3.63) is 0 Å². The fourth-order valence-corrected chi connectivity index (χ4v) is 0.454. The molecule has 0 rings (SSSR count). The van der Waals surface area contributed by atoms with Crippen molar-refractivity contribution in [3.8, 4) is 0 Å². The average Bonchev–Trinajstić information content (AvgIpc) is 1.52. The molecular formula is C9H20O3. The van der Waals surface area contributed by atoms with Crippen molar-refractivity contribution in [3.63, 3.8) is 0 Å². The fourth-order valence-electron chi connectivity index (χ4n) is 0.454. The van der Waals surface area contributed by atoms with E-state index in [9.17, 15) is 4.79 Å². The zero-order valence-corrected chi connectivity index (χ0v) is 8.59. The lowest BCUT2D eigenvalue weighted by molar-refractivity contribution is -0.139. The molecule has 0 aliphatic carbocycles. The van der Waals surface area contributed by atoms with Crippen molar-refractivity contribution in [1.82, 2.24) is 0 Å². The van der Waals surface area contributed by atoms with Crippen LogP contribution in [0.4, 0.5) is 0 Å². The van der Waals surface area contributed by atoms with E-state index in [1.165, 1.54) is 0 Å². The quantitative estimate of drug-likeness (QED) is 0.641. The van der Waals surface area contributed by atoms with Crippen LogP contribution in [0.2, 0.25) is 0 Å². The van der Waals surface area contributed by atoms with E-state index in [1.54, 1.807) is 13.8 Å². The third-order valence-electron chi connectivity index (χ3n) is 0.682. The average molecular weight is 176 g/mol. The number of aliphatic hydroxyl groups excluding tert-OH is 1. The summed E-state index contributed by atoms with van der Waals surface area (Å²) in [5, 5.41) is 16.3. The number of carboxylic acids is 1. The molecule has 0 unspecified atom stereocenters. The summed E-state index contributed by atoms with van der Waals surface area (Å²) in [6, 6.07) is 0. The summed E-state index contributed by atoms with van der Waals surface area (Å²) < 4.78 is 0. The summed E-state index contributed by atoms with van der Waals surface area (Å²) in [5.41, 5.74) is -0.0775. The van der Waals surface area contributed by atoms with Gasteiger partial charge in [-0.2, -0.15) is 0 Å². The molecule has 2 N–H and O–H groups in total. The Labute approximate surface area is 74.4 Å². The van der Waals surface area contributed by atoms with Gasteiger partial charge in [-0.15, -0.1) is 0 Å². The molecule has 0 saturated carbocycles. The highest BCUT2D eigenvalue weighted by atomic mass is 16.4. The molecule has 3 nitrogen and oxygen atoms in total. The number of hydrogen-bond acceptors (Lipinski definition) is 2. The normalized spacial score (nSPS) is 10.6. The zero-order valence-electron chi connectivity index (χ0n) is 8.59. The molecule has 0 heterocycles. The van der Waals surface area contributed by atoms with E-state index in [2.05, 4.69) is 0 Å². The summed E-state index contributed by atoms with van der Waals surface area (Å²) >= 11 is 0. The lowest BCUT2D eigenvalue weighted by Crippen LogP contribution is -2.11. The van der Waals surface area contributed by atoms with Crippen LogP contribution < -0.4 is 0 Å². The van der Waals surface area contributed by atoms with E-state index >= 15 is 0 Å². The summed E-state index contributed by atoms with van der Waals surface area (Å²) in [5.74, 6) is -0.725. The molecule has 0 atom stereocenters. The van der Waals surface area contributed by atoms with Gasteiger partial charge >= 0.3 is 5.97 Å². The molecule has 0 saturated heterocycles. The Morgan fingerprint density at radius 3 is 1.58 bits per heavy atom. The molecule has 0 amide bonds. The molecule has 0 fully saturated rings. The predicted molar refractivity (Wildman–Crippen MR) is 49.1 cm³/mol. The lowest BCUT2D eigenvalue weighted by Gasteiger charge is -2.13. The Morgan fingerprint density at radius 1 is 1.33 bits per heavy atom. The van der Waals surface area contributed by atoms with E-state index in [-0.39, 0.29) is 17.9 Å². The van der Waals surface area contributed by atoms with E-state index < -0.39 is 5.97 Å². The second kappa shape index (κ2) is 6.00. The monoisotopic (exact) mass is 176 g/mol. The zero-order chi connectivity index (χ0) is 10.4. The topological polar surface area (TPSA) is 57.5 Å². The van der Waals surface area contributed by atoms with Gasteiger partial charge in [-0.05, 0) is 19.3 Å². The van der Waals surface area contributed by atoms with Crippen molar-refractivity contribution in [2.24, 2.45) is 5.41 Å². The minimum atomic E-state index is -0.725. The van der Waals surface area contributed by atoms with Crippen LogP contribution in [0.3, 0.4) is 0 Å². The standard InChI is InChI=1S/C6H12O2.C3H8O/c1-6(2,3)4-5(7)8;1-3(2)4/h4H2,1-3H3,(H,7,8);3-4H,1-2H3. The number of carboxylic acid groups (broad SMARTS) is 1. The molecule has 74 valence electrons. The number of aliphatic carboxylic acids is 1. The van der Waals surface area contributed by atoms with Gasteiger partial charge in [0, 0.05) is 6.10 Å². The predicted octanol–water partition coefficient (Wildman–Crippen LogP) is 1.89. The molecule has 12 heavy (non-hydrogen) atoms. The van der Waals surface area contributed by atoms with Crippen LogP contribution >= 0.6 is 0 Å². The molecular weight excluding hydrogens is 156 g/mol. The maximum absolute atomic E-state index is 10.0. The van der Waals surface area contributed by atoms with Crippen molar-refractivity contribution in [1.29, 1.82) is 0 Å². The van der Waals surface area contributed by atoms with Gasteiger partial charge < -0.3 is 10.2 Å². The first-order chi connectivity index (χ1) is 5.15. The van der Waals surface area contributed by atoms with Gasteiger partial charge in [0.2, 0.25) is 0 Å². The fraction of sp³-hybridized carbons (Fsp3) is 0.889. The first-order valence-electron chi connectivity index (χ1n) is 4.05. The Bertz CT molecular complexity index is 119. The lowest BCUT2D eigenvalue weighted by atomic mass is 9.93. The van der Waals surface area contributed by atoms with Crippen LogP contribution in [0.1, 0.15) is 41.0 Å². The van der Waals surface area contributed by atoms with Gasteiger partial charge in [-0.25, -0.2) is 0 Å². The van der Waals surface area contributed by atoms with Gasteiger partial charge in [-0.3, -0.25) is 4.79 Å². The van der Waals surface area contributed by atoms with Crippen LogP contribution in [0.25, 0.3) is 0 Å². The van der Waals surface area contributed by atoms with Gasteiger partial charge in [0.25, 0.3) is 0 Å². The summed E-state index contributed by atoms with van der Waals surface area (Å²) in [6.07, 6.45) is 0.0764.